The minimum atomic E-state index is -0.726. The third kappa shape index (κ3) is 20.4. The highest BCUT2D eigenvalue weighted by Crippen LogP contribution is 2.12. The van der Waals surface area contributed by atoms with Gasteiger partial charge in [0.1, 0.15) is 6.10 Å². The molecule has 1 unspecified atom stereocenters. The Hall–Kier alpha value is -2.10. The van der Waals surface area contributed by atoms with Crippen molar-refractivity contribution in [1.29, 1.82) is 0 Å². The van der Waals surface area contributed by atoms with Crippen LogP contribution in [0.4, 0.5) is 0 Å². The lowest BCUT2D eigenvalue weighted by atomic mass is 10.1. The number of allylic oxidation sites excluding steroid dienone is 7. The Bertz CT molecular complexity index is 529. The molecule has 0 aromatic rings. The van der Waals surface area contributed by atoms with E-state index < -0.39 is 5.97 Å². The summed E-state index contributed by atoms with van der Waals surface area (Å²) >= 11 is 0. The summed E-state index contributed by atoms with van der Waals surface area (Å²) in [5.74, 6) is -0.894. The van der Waals surface area contributed by atoms with Gasteiger partial charge in [0.15, 0.2) is 0 Å². The van der Waals surface area contributed by atoms with Gasteiger partial charge in [-0.25, -0.2) is 0 Å². The SMILES string of the molecule is CC/C=C\C/C=C\C/C=C\C/C=C\C(CCCCCCCC(=O)O)OC(=O)CC. The van der Waals surface area contributed by atoms with Crippen molar-refractivity contribution in [3.05, 3.63) is 48.6 Å². The number of carbonyl (C=O) groups is 2. The number of ether oxygens (including phenoxy) is 1. The Morgan fingerprint density at radius 3 is 1.93 bits per heavy atom. The van der Waals surface area contributed by atoms with Crippen LogP contribution in [0.5, 0.6) is 0 Å². The van der Waals surface area contributed by atoms with Gasteiger partial charge in [0.05, 0.1) is 0 Å². The van der Waals surface area contributed by atoms with Crippen LogP contribution >= 0.6 is 0 Å². The Kier molecular flexibility index (Phi) is 19.1. The molecule has 164 valence electrons. The molecular weight excluding hydrogens is 364 g/mol. The molecule has 0 fully saturated rings. The molecule has 0 aliphatic carbocycles. The van der Waals surface area contributed by atoms with E-state index in [4.69, 9.17) is 9.84 Å². The monoisotopic (exact) mass is 404 g/mol. The molecule has 0 spiro atoms. The first-order valence-electron chi connectivity index (χ1n) is 11.1. The first-order valence-corrected chi connectivity index (χ1v) is 11.1. The first kappa shape index (κ1) is 26.9. The van der Waals surface area contributed by atoms with E-state index in [0.29, 0.717) is 6.42 Å². The van der Waals surface area contributed by atoms with Crippen LogP contribution in [-0.4, -0.2) is 23.1 Å². The van der Waals surface area contributed by atoms with Crippen molar-refractivity contribution in [2.45, 2.75) is 97.0 Å². The van der Waals surface area contributed by atoms with Gasteiger partial charge in [-0.3, -0.25) is 9.59 Å². The van der Waals surface area contributed by atoms with E-state index in [-0.39, 0.29) is 18.5 Å². The summed E-state index contributed by atoms with van der Waals surface area (Å²) in [6.45, 7) is 3.94. The van der Waals surface area contributed by atoms with Gasteiger partial charge in [-0.05, 0) is 51.0 Å². The first-order chi connectivity index (χ1) is 14.1. The predicted molar refractivity (Wildman–Crippen MR) is 121 cm³/mol. The second-order valence-corrected chi connectivity index (χ2v) is 7.04. The van der Waals surface area contributed by atoms with E-state index >= 15 is 0 Å². The average molecular weight is 405 g/mol. The van der Waals surface area contributed by atoms with Crippen molar-refractivity contribution in [1.82, 2.24) is 0 Å². The van der Waals surface area contributed by atoms with Crippen LogP contribution in [0.25, 0.3) is 0 Å². The van der Waals surface area contributed by atoms with Crippen molar-refractivity contribution < 1.29 is 19.4 Å². The molecule has 0 saturated heterocycles. The van der Waals surface area contributed by atoms with E-state index in [9.17, 15) is 9.59 Å². The molecule has 0 aliphatic heterocycles. The summed E-state index contributed by atoms with van der Waals surface area (Å²) in [6, 6.07) is 0. The van der Waals surface area contributed by atoms with Gasteiger partial charge >= 0.3 is 11.9 Å². The molecule has 1 atom stereocenters. The smallest absolute Gasteiger partial charge is 0.306 e. The lowest BCUT2D eigenvalue weighted by Gasteiger charge is -2.13. The normalized spacial score (nSPS) is 13.2. The molecule has 1 N–H and O–H groups in total. The minimum Gasteiger partial charge on any atom is -0.481 e. The van der Waals surface area contributed by atoms with E-state index in [0.717, 1.165) is 64.2 Å². The fourth-order valence-electron chi connectivity index (χ4n) is 2.71. The molecule has 0 bridgehead atoms. The van der Waals surface area contributed by atoms with Crippen LogP contribution in [0.3, 0.4) is 0 Å². The maximum Gasteiger partial charge on any atom is 0.306 e. The number of carboxylic acids is 1. The molecule has 0 aromatic carbocycles. The van der Waals surface area contributed by atoms with Gasteiger partial charge in [-0.15, -0.1) is 0 Å². The van der Waals surface area contributed by atoms with Crippen molar-refractivity contribution >= 4 is 11.9 Å². The third-order valence-corrected chi connectivity index (χ3v) is 4.35. The molecule has 0 radical (unpaired) electrons. The fraction of sp³-hybridized carbons (Fsp3) is 0.600. The molecule has 0 rings (SSSR count). The summed E-state index contributed by atoms with van der Waals surface area (Å²) in [6.07, 6.45) is 26.9. The van der Waals surface area contributed by atoms with Gasteiger partial charge in [0, 0.05) is 12.8 Å². The number of hydrogen-bond donors (Lipinski definition) is 1. The number of carbonyl (C=O) groups excluding carboxylic acids is 1. The van der Waals surface area contributed by atoms with Crippen LogP contribution in [0.15, 0.2) is 48.6 Å². The van der Waals surface area contributed by atoms with Crippen molar-refractivity contribution in [3.8, 4) is 0 Å². The van der Waals surface area contributed by atoms with E-state index in [1.807, 2.05) is 6.08 Å². The Labute approximate surface area is 177 Å². The minimum absolute atomic E-state index is 0.167. The topological polar surface area (TPSA) is 63.6 Å². The second kappa shape index (κ2) is 20.6. The van der Waals surface area contributed by atoms with E-state index in [2.05, 4.69) is 49.5 Å². The predicted octanol–water partition coefficient (Wildman–Crippen LogP) is 6.93. The molecule has 0 amide bonds. The largest absolute Gasteiger partial charge is 0.481 e. The highest BCUT2D eigenvalue weighted by molar-refractivity contribution is 5.69. The van der Waals surface area contributed by atoms with Crippen molar-refractivity contribution in [3.63, 3.8) is 0 Å². The maximum absolute atomic E-state index is 11.6. The van der Waals surface area contributed by atoms with Crippen LogP contribution in [0.2, 0.25) is 0 Å². The number of aliphatic carboxylic acids is 1. The number of rotatable bonds is 18. The molecular formula is C25H40O4. The molecule has 0 heterocycles. The zero-order valence-electron chi connectivity index (χ0n) is 18.4. The number of carboxylic acid groups (broad SMARTS) is 1. The number of unbranched alkanes of at least 4 members (excludes halogenated alkanes) is 4. The Morgan fingerprint density at radius 1 is 0.793 bits per heavy atom. The zero-order valence-corrected chi connectivity index (χ0v) is 18.4. The Balaban J connectivity index is 4.08. The summed E-state index contributed by atoms with van der Waals surface area (Å²) in [7, 11) is 0. The molecule has 4 heteroatoms. The van der Waals surface area contributed by atoms with Gasteiger partial charge in [0.2, 0.25) is 0 Å². The molecule has 0 saturated carbocycles. The zero-order chi connectivity index (χ0) is 21.6. The maximum atomic E-state index is 11.6. The van der Waals surface area contributed by atoms with Gasteiger partial charge < -0.3 is 9.84 Å². The van der Waals surface area contributed by atoms with Crippen LogP contribution < -0.4 is 0 Å². The quantitative estimate of drug-likeness (QED) is 0.153. The fourth-order valence-corrected chi connectivity index (χ4v) is 2.71. The van der Waals surface area contributed by atoms with Crippen LogP contribution in [-0.2, 0) is 14.3 Å². The summed E-state index contributed by atoms with van der Waals surface area (Å²) in [4.78, 5) is 22.1. The van der Waals surface area contributed by atoms with Crippen LogP contribution in [0.1, 0.15) is 90.9 Å². The highest BCUT2D eigenvalue weighted by atomic mass is 16.5. The molecule has 0 aromatic heterocycles. The summed E-state index contributed by atoms with van der Waals surface area (Å²) in [5.41, 5.74) is 0. The van der Waals surface area contributed by atoms with Gasteiger partial charge in [-0.1, -0.05) is 75.6 Å². The number of esters is 1. The third-order valence-electron chi connectivity index (χ3n) is 4.35. The lowest BCUT2D eigenvalue weighted by molar-refractivity contribution is -0.146. The standard InChI is InChI=1S/C25H40O4/c1-3-5-6-7-8-9-10-11-12-14-17-20-23(29-25(28)4-2)21-18-15-13-16-19-22-24(26)27/h5-6,8-9,11-12,17,20,23H,3-4,7,10,13-16,18-19,21-22H2,1-2H3,(H,26,27)/b6-5-,9-8-,12-11-,20-17-. The molecule has 0 aliphatic rings. The van der Waals surface area contributed by atoms with Gasteiger partial charge in [0.25, 0.3) is 0 Å². The average Bonchev–Trinajstić information content (AvgIpc) is 2.70. The lowest BCUT2D eigenvalue weighted by Crippen LogP contribution is -2.15. The van der Waals surface area contributed by atoms with E-state index in [1.165, 1.54) is 0 Å². The second-order valence-electron chi connectivity index (χ2n) is 7.04. The molecule has 29 heavy (non-hydrogen) atoms. The van der Waals surface area contributed by atoms with Crippen molar-refractivity contribution in [2.24, 2.45) is 0 Å². The highest BCUT2D eigenvalue weighted by Gasteiger charge is 2.09. The van der Waals surface area contributed by atoms with Gasteiger partial charge in [-0.2, -0.15) is 0 Å². The van der Waals surface area contributed by atoms with Crippen molar-refractivity contribution in [2.75, 3.05) is 0 Å². The van der Waals surface area contributed by atoms with Crippen LogP contribution in [0, 0.1) is 0 Å². The summed E-state index contributed by atoms with van der Waals surface area (Å²) < 4.78 is 5.51. The van der Waals surface area contributed by atoms with E-state index in [1.54, 1.807) is 6.92 Å². The molecule has 4 nitrogen and oxygen atoms in total. The summed E-state index contributed by atoms with van der Waals surface area (Å²) in [5, 5.41) is 8.63. The Morgan fingerprint density at radius 2 is 1.34 bits per heavy atom. The number of hydrogen-bond acceptors (Lipinski definition) is 3.